The number of hydrogen-bond acceptors (Lipinski definition) is 3. The predicted molar refractivity (Wildman–Crippen MR) is 109 cm³/mol. The fraction of sp³-hybridized carbons (Fsp3) is 0.609. The molecule has 0 fully saturated rings. The summed E-state index contributed by atoms with van der Waals surface area (Å²) in [5.74, 6) is 0.934. The molecule has 0 aliphatic rings. The number of ether oxygens (including phenoxy) is 1. The summed E-state index contributed by atoms with van der Waals surface area (Å²) in [4.78, 5) is 11.8. The second kappa shape index (κ2) is 14.4. The third-order valence-electron chi connectivity index (χ3n) is 4.66. The van der Waals surface area contributed by atoms with Crippen LogP contribution >= 0.6 is 0 Å². The van der Waals surface area contributed by atoms with Crippen LogP contribution in [0.25, 0.3) is 0 Å². The Bertz CT molecular complexity index is 534. The van der Waals surface area contributed by atoms with E-state index in [1.807, 2.05) is 18.2 Å². The molecule has 3 nitrogen and oxygen atoms in total. The Morgan fingerprint density at radius 2 is 1.73 bits per heavy atom. The Kier molecular flexibility index (Phi) is 12.3. The smallest absolute Gasteiger partial charge is 0.160 e. The van der Waals surface area contributed by atoms with Gasteiger partial charge >= 0.3 is 0 Å². The first-order valence-corrected chi connectivity index (χ1v) is 10.2. The third kappa shape index (κ3) is 10.3. The van der Waals surface area contributed by atoms with Crippen LogP contribution in [0.3, 0.4) is 0 Å². The van der Waals surface area contributed by atoms with E-state index >= 15 is 0 Å². The van der Waals surface area contributed by atoms with E-state index < -0.39 is 0 Å². The number of rotatable bonds is 15. The molecule has 0 unspecified atom stereocenters. The lowest BCUT2D eigenvalue weighted by Gasteiger charge is -2.06. The summed E-state index contributed by atoms with van der Waals surface area (Å²) in [6.45, 7) is 2.24. The van der Waals surface area contributed by atoms with Crippen molar-refractivity contribution in [3.63, 3.8) is 0 Å². The van der Waals surface area contributed by atoms with E-state index in [-0.39, 0.29) is 11.5 Å². The molecular formula is C23H36O3. The van der Waals surface area contributed by atoms with Crippen molar-refractivity contribution in [3.8, 4) is 11.5 Å². The zero-order valence-electron chi connectivity index (χ0n) is 16.6. The van der Waals surface area contributed by atoms with Gasteiger partial charge in [-0.25, -0.2) is 0 Å². The second-order valence-corrected chi connectivity index (χ2v) is 6.99. The van der Waals surface area contributed by atoms with Crippen LogP contribution in [-0.4, -0.2) is 18.0 Å². The number of carbonyl (C=O) groups is 1. The van der Waals surface area contributed by atoms with E-state index in [9.17, 15) is 9.90 Å². The number of benzene rings is 1. The molecule has 0 aliphatic carbocycles. The monoisotopic (exact) mass is 360 g/mol. The van der Waals surface area contributed by atoms with Gasteiger partial charge in [0.2, 0.25) is 0 Å². The van der Waals surface area contributed by atoms with Crippen molar-refractivity contribution in [1.82, 2.24) is 0 Å². The Balaban J connectivity index is 2.06. The maximum Gasteiger partial charge on any atom is 0.160 e. The molecule has 0 bridgehead atoms. The Hall–Kier alpha value is -1.77. The highest BCUT2D eigenvalue weighted by atomic mass is 16.5. The van der Waals surface area contributed by atoms with Gasteiger partial charge in [-0.1, -0.05) is 64.0 Å². The summed E-state index contributed by atoms with van der Waals surface area (Å²) in [5.41, 5.74) is 1.14. The molecule has 0 saturated carbocycles. The molecule has 0 atom stereocenters. The number of phenolic OH excluding ortho intramolecular Hbond substituents is 1. The van der Waals surface area contributed by atoms with E-state index in [2.05, 4.69) is 6.92 Å². The van der Waals surface area contributed by atoms with Gasteiger partial charge in [0.25, 0.3) is 0 Å². The number of hydrogen-bond donors (Lipinski definition) is 1. The van der Waals surface area contributed by atoms with Crippen molar-refractivity contribution >= 4 is 5.78 Å². The fourth-order valence-electron chi connectivity index (χ4n) is 3.03. The van der Waals surface area contributed by atoms with Crippen molar-refractivity contribution in [2.45, 2.75) is 84.0 Å². The molecule has 1 rings (SSSR count). The number of carbonyl (C=O) groups excluding carboxylic acids is 1. The van der Waals surface area contributed by atoms with Gasteiger partial charge in [0.15, 0.2) is 17.3 Å². The van der Waals surface area contributed by atoms with Crippen LogP contribution in [0, 0.1) is 0 Å². The molecule has 146 valence electrons. The van der Waals surface area contributed by atoms with Gasteiger partial charge in [-0.2, -0.15) is 0 Å². The number of methoxy groups -OCH3 is 1. The summed E-state index contributed by atoms with van der Waals surface area (Å²) in [6.07, 6.45) is 17.3. The van der Waals surface area contributed by atoms with E-state index in [0.717, 1.165) is 31.2 Å². The average molecular weight is 361 g/mol. The molecule has 3 heteroatoms. The van der Waals surface area contributed by atoms with Gasteiger partial charge in [0.1, 0.15) is 0 Å². The van der Waals surface area contributed by atoms with E-state index in [0.29, 0.717) is 12.2 Å². The fourth-order valence-corrected chi connectivity index (χ4v) is 3.03. The van der Waals surface area contributed by atoms with Crippen LogP contribution in [0.15, 0.2) is 30.4 Å². The van der Waals surface area contributed by atoms with Crippen molar-refractivity contribution in [1.29, 1.82) is 0 Å². The summed E-state index contributed by atoms with van der Waals surface area (Å²) in [6, 6.07) is 5.44. The predicted octanol–water partition coefficient (Wildman–Crippen LogP) is 6.38. The minimum atomic E-state index is 0.169. The van der Waals surface area contributed by atoms with Gasteiger partial charge in [-0.3, -0.25) is 4.79 Å². The third-order valence-corrected chi connectivity index (χ3v) is 4.66. The number of ketones is 1. The Labute approximate surface area is 159 Å². The maximum absolute atomic E-state index is 11.8. The van der Waals surface area contributed by atoms with Gasteiger partial charge in [0, 0.05) is 6.42 Å². The van der Waals surface area contributed by atoms with Crippen LogP contribution < -0.4 is 4.74 Å². The van der Waals surface area contributed by atoms with E-state index in [1.54, 1.807) is 19.3 Å². The first kappa shape index (κ1) is 22.3. The van der Waals surface area contributed by atoms with Crippen LogP contribution in [0.2, 0.25) is 0 Å². The molecule has 0 aliphatic heterocycles. The zero-order chi connectivity index (χ0) is 19.0. The van der Waals surface area contributed by atoms with Gasteiger partial charge < -0.3 is 9.84 Å². The minimum absolute atomic E-state index is 0.169. The molecule has 0 aromatic heterocycles. The van der Waals surface area contributed by atoms with Crippen molar-refractivity contribution in [3.05, 3.63) is 35.9 Å². The molecule has 1 N–H and O–H groups in total. The summed E-state index contributed by atoms with van der Waals surface area (Å²) >= 11 is 0. The highest BCUT2D eigenvalue weighted by molar-refractivity contribution is 5.89. The molecule has 0 heterocycles. The lowest BCUT2D eigenvalue weighted by Crippen LogP contribution is -1.93. The Morgan fingerprint density at radius 1 is 1.04 bits per heavy atom. The van der Waals surface area contributed by atoms with Crippen LogP contribution in [-0.2, 0) is 11.2 Å². The first-order chi connectivity index (χ1) is 12.7. The van der Waals surface area contributed by atoms with Crippen molar-refractivity contribution < 1.29 is 14.6 Å². The molecule has 26 heavy (non-hydrogen) atoms. The summed E-state index contributed by atoms with van der Waals surface area (Å²) < 4.78 is 5.12. The van der Waals surface area contributed by atoms with Crippen molar-refractivity contribution in [2.75, 3.05) is 7.11 Å². The normalized spacial score (nSPS) is 11.2. The lowest BCUT2D eigenvalue weighted by atomic mass is 10.1. The summed E-state index contributed by atoms with van der Waals surface area (Å²) in [7, 11) is 1.56. The van der Waals surface area contributed by atoms with Crippen LogP contribution in [0.1, 0.15) is 83.1 Å². The highest BCUT2D eigenvalue weighted by Gasteiger charge is 2.02. The van der Waals surface area contributed by atoms with E-state index in [4.69, 9.17) is 4.74 Å². The summed E-state index contributed by atoms with van der Waals surface area (Å²) in [5, 5.41) is 9.58. The lowest BCUT2D eigenvalue weighted by molar-refractivity contribution is -0.114. The second-order valence-electron chi connectivity index (χ2n) is 6.99. The molecule has 0 spiro atoms. The number of unbranched alkanes of at least 4 members (excludes halogenated alkanes) is 8. The molecule has 0 amide bonds. The molecule has 1 aromatic carbocycles. The average Bonchev–Trinajstić information content (AvgIpc) is 2.64. The number of allylic oxidation sites excluding steroid dienone is 2. The first-order valence-electron chi connectivity index (χ1n) is 10.2. The van der Waals surface area contributed by atoms with Gasteiger partial charge in [0.05, 0.1) is 7.11 Å². The quantitative estimate of drug-likeness (QED) is 0.291. The highest BCUT2D eigenvalue weighted by Crippen LogP contribution is 2.26. The molecule has 0 saturated heterocycles. The number of aromatic hydroxyl groups is 1. The van der Waals surface area contributed by atoms with Crippen LogP contribution in [0.5, 0.6) is 11.5 Å². The van der Waals surface area contributed by atoms with Crippen LogP contribution in [0.4, 0.5) is 0 Å². The van der Waals surface area contributed by atoms with Gasteiger partial charge in [-0.15, -0.1) is 0 Å². The molecular weight excluding hydrogens is 324 g/mol. The van der Waals surface area contributed by atoms with E-state index in [1.165, 1.54) is 44.9 Å². The SMILES string of the molecule is CCCCCCCCCCC(=O)C=CCCCc1ccc(O)c(OC)c1. The Morgan fingerprint density at radius 3 is 2.42 bits per heavy atom. The van der Waals surface area contributed by atoms with Crippen molar-refractivity contribution in [2.24, 2.45) is 0 Å². The topological polar surface area (TPSA) is 46.5 Å². The molecule has 0 radical (unpaired) electrons. The maximum atomic E-state index is 11.8. The van der Waals surface area contributed by atoms with Gasteiger partial charge in [-0.05, 0) is 49.5 Å². The standard InChI is InChI=1S/C23H36O3/c1-3-4-5-6-7-8-9-12-15-21(24)16-13-10-11-14-20-17-18-22(25)23(19-20)26-2/h13,16-19,25H,3-12,14-15H2,1-2H3. The number of phenols is 1. The minimum Gasteiger partial charge on any atom is -0.504 e. The largest absolute Gasteiger partial charge is 0.504 e. The molecule has 1 aromatic rings. The number of aryl methyl sites for hydroxylation is 1. The zero-order valence-corrected chi connectivity index (χ0v) is 16.6.